The molecule has 0 saturated heterocycles. The summed E-state index contributed by atoms with van der Waals surface area (Å²) in [6, 6.07) is 11.7. The highest BCUT2D eigenvalue weighted by atomic mass is 16.5. The summed E-state index contributed by atoms with van der Waals surface area (Å²) >= 11 is 0. The molecule has 0 aliphatic heterocycles. The van der Waals surface area contributed by atoms with Gasteiger partial charge in [0.1, 0.15) is 22.9 Å². The predicted molar refractivity (Wildman–Crippen MR) is 123 cm³/mol. The van der Waals surface area contributed by atoms with Gasteiger partial charge in [0.2, 0.25) is 0 Å². The largest absolute Gasteiger partial charge is 0.494 e. The van der Waals surface area contributed by atoms with Crippen molar-refractivity contribution < 1.29 is 4.74 Å². The summed E-state index contributed by atoms with van der Waals surface area (Å²) in [5, 5.41) is 4.51. The second-order valence-electron chi connectivity index (χ2n) is 8.30. The lowest BCUT2D eigenvalue weighted by atomic mass is 10.0. The maximum atomic E-state index is 13.0. The zero-order chi connectivity index (χ0) is 21.5. The molecule has 2 N–H and O–H groups in total. The van der Waals surface area contributed by atoms with Gasteiger partial charge in [0.15, 0.2) is 0 Å². The molecule has 6 heteroatoms. The maximum Gasteiger partial charge on any atom is 0.258 e. The minimum absolute atomic E-state index is 0.151. The first-order valence-electron chi connectivity index (χ1n) is 10.4. The quantitative estimate of drug-likeness (QED) is 0.466. The molecule has 0 saturated carbocycles. The number of H-pyrrole nitrogens is 1. The van der Waals surface area contributed by atoms with Gasteiger partial charge in [0.05, 0.1) is 12.2 Å². The molecule has 0 spiro atoms. The average molecular weight is 405 g/mol. The van der Waals surface area contributed by atoms with Gasteiger partial charge in [-0.2, -0.15) is 0 Å². The fourth-order valence-corrected chi connectivity index (χ4v) is 3.48. The van der Waals surface area contributed by atoms with Crippen LogP contribution < -0.4 is 15.6 Å². The van der Waals surface area contributed by atoms with Crippen molar-refractivity contribution in [1.82, 2.24) is 14.4 Å². The van der Waals surface area contributed by atoms with E-state index in [0.29, 0.717) is 17.9 Å². The van der Waals surface area contributed by atoms with Crippen LogP contribution in [0.15, 0.2) is 47.4 Å². The number of hydrogen-bond donors (Lipinski definition) is 2. The summed E-state index contributed by atoms with van der Waals surface area (Å²) in [7, 11) is 0. The van der Waals surface area contributed by atoms with E-state index < -0.39 is 0 Å². The zero-order valence-corrected chi connectivity index (χ0v) is 18.2. The van der Waals surface area contributed by atoms with Crippen LogP contribution in [0.5, 0.6) is 5.75 Å². The Kier molecular flexibility index (Phi) is 5.02. The van der Waals surface area contributed by atoms with Gasteiger partial charge in [-0.25, -0.2) is 4.98 Å². The van der Waals surface area contributed by atoms with Crippen molar-refractivity contribution in [2.45, 2.75) is 46.6 Å². The van der Waals surface area contributed by atoms with Gasteiger partial charge in [-0.15, -0.1) is 0 Å². The second kappa shape index (κ2) is 7.52. The van der Waals surface area contributed by atoms with Gasteiger partial charge in [0, 0.05) is 22.6 Å². The summed E-state index contributed by atoms with van der Waals surface area (Å²) in [6.07, 6.45) is 2.93. The first-order valence-corrected chi connectivity index (χ1v) is 10.4. The van der Waals surface area contributed by atoms with Crippen LogP contribution in [0, 0.1) is 6.92 Å². The molecule has 0 radical (unpaired) electrons. The predicted octanol–water partition coefficient (Wildman–Crippen LogP) is 5.15. The SMILES string of the molecule is CCOc1ccc2[nH]c(=O)c(-c3nc4cc(C)ccn4c3NC(C)(C)CC)cc2c1. The number of nitrogens with zero attached hydrogens (tertiary/aromatic N) is 2. The number of aryl methyl sites for hydroxylation is 1. The summed E-state index contributed by atoms with van der Waals surface area (Å²) in [6.45, 7) is 11.0. The molecule has 4 aromatic rings. The Balaban J connectivity index is 1.96. The van der Waals surface area contributed by atoms with Gasteiger partial charge >= 0.3 is 0 Å². The van der Waals surface area contributed by atoms with Gasteiger partial charge in [-0.3, -0.25) is 9.20 Å². The number of fused-ring (bicyclic) bond motifs is 2. The number of rotatable bonds is 6. The van der Waals surface area contributed by atoms with Crippen molar-refractivity contribution in [3.8, 4) is 17.0 Å². The molecule has 0 bridgehead atoms. The van der Waals surface area contributed by atoms with Crippen molar-refractivity contribution in [3.63, 3.8) is 0 Å². The average Bonchev–Trinajstić information content (AvgIpc) is 3.04. The third kappa shape index (κ3) is 3.65. The van der Waals surface area contributed by atoms with E-state index in [4.69, 9.17) is 9.72 Å². The lowest BCUT2D eigenvalue weighted by Gasteiger charge is -2.26. The van der Waals surface area contributed by atoms with Crippen LogP contribution in [-0.2, 0) is 0 Å². The zero-order valence-electron chi connectivity index (χ0n) is 18.2. The summed E-state index contributed by atoms with van der Waals surface area (Å²) < 4.78 is 7.64. The molecule has 0 amide bonds. The number of ether oxygens (including phenoxy) is 1. The standard InChI is InChI=1S/C24H28N4O2/c1-6-24(4,5)27-22-21(26-20-12-15(3)10-11-28(20)22)18-14-16-13-17(30-7-2)8-9-19(16)25-23(18)29/h8-14,27H,6-7H2,1-5H3,(H,25,29). The Morgan fingerprint density at radius 3 is 2.70 bits per heavy atom. The van der Waals surface area contributed by atoms with E-state index in [0.717, 1.165) is 40.1 Å². The van der Waals surface area contributed by atoms with Crippen molar-refractivity contribution in [2.24, 2.45) is 0 Å². The van der Waals surface area contributed by atoms with Gasteiger partial charge in [-0.1, -0.05) is 6.92 Å². The van der Waals surface area contributed by atoms with Crippen LogP contribution in [0.2, 0.25) is 0 Å². The van der Waals surface area contributed by atoms with E-state index in [9.17, 15) is 4.79 Å². The molecular weight excluding hydrogens is 376 g/mol. The fraction of sp³-hybridized carbons (Fsp3) is 0.333. The van der Waals surface area contributed by atoms with Crippen LogP contribution in [0.1, 0.15) is 39.7 Å². The van der Waals surface area contributed by atoms with E-state index in [1.165, 1.54) is 0 Å². The lowest BCUT2D eigenvalue weighted by Crippen LogP contribution is -2.30. The van der Waals surface area contributed by atoms with Crippen molar-refractivity contribution in [3.05, 3.63) is 58.5 Å². The smallest absolute Gasteiger partial charge is 0.258 e. The number of hydrogen-bond acceptors (Lipinski definition) is 4. The van der Waals surface area contributed by atoms with E-state index in [2.05, 4.69) is 31.1 Å². The van der Waals surface area contributed by atoms with Crippen molar-refractivity contribution in [2.75, 3.05) is 11.9 Å². The number of aromatic amines is 1. The molecule has 4 rings (SSSR count). The van der Waals surface area contributed by atoms with Crippen LogP contribution in [0.4, 0.5) is 5.82 Å². The highest BCUT2D eigenvalue weighted by molar-refractivity contribution is 5.87. The fourth-order valence-electron chi connectivity index (χ4n) is 3.48. The maximum absolute atomic E-state index is 13.0. The Morgan fingerprint density at radius 2 is 1.97 bits per heavy atom. The Bertz CT molecular complexity index is 1280. The van der Waals surface area contributed by atoms with Crippen LogP contribution in [0.25, 0.3) is 27.8 Å². The minimum Gasteiger partial charge on any atom is -0.494 e. The Hall–Kier alpha value is -3.28. The van der Waals surface area contributed by atoms with Crippen molar-refractivity contribution >= 4 is 22.4 Å². The number of anilines is 1. The summed E-state index contributed by atoms with van der Waals surface area (Å²) in [5.74, 6) is 1.60. The molecule has 0 aliphatic rings. The topological polar surface area (TPSA) is 71.4 Å². The summed E-state index contributed by atoms with van der Waals surface area (Å²) in [5.41, 5.74) is 3.57. The molecule has 0 unspecified atom stereocenters. The van der Waals surface area contributed by atoms with Gasteiger partial charge in [-0.05, 0) is 76.1 Å². The minimum atomic E-state index is -0.163. The second-order valence-corrected chi connectivity index (χ2v) is 8.30. The molecule has 6 nitrogen and oxygen atoms in total. The normalized spacial score (nSPS) is 11.9. The molecular formula is C24H28N4O2. The summed E-state index contributed by atoms with van der Waals surface area (Å²) in [4.78, 5) is 20.8. The van der Waals surface area contributed by atoms with Gasteiger partial charge < -0.3 is 15.0 Å². The third-order valence-corrected chi connectivity index (χ3v) is 5.50. The number of nitrogens with one attached hydrogen (secondary N) is 2. The number of pyridine rings is 2. The molecule has 0 atom stereocenters. The molecule has 30 heavy (non-hydrogen) atoms. The molecule has 156 valence electrons. The first-order chi connectivity index (χ1) is 14.3. The molecule has 0 aliphatic carbocycles. The van der Waals surface area contributed by atoms with E-state index >= 15 is 0 Å². The third-order valence-electron chi connectivity index (χ3n) is 5.50. The van der Waals surface area contributed by atoms with E-state index in [1.807, 2.05) is 60.8 Å². The number of aromatic nitrogens is 3. The van der Waals surface area contributed by atoms with Gasteiger partial charge in [0.25, 0.3) is 5.56 Å². The lowest BCUT2D eigenvalue weighted by molar-refractivity contribution is 0.340. The van der Waals surface area contributed by atoms with Crippen LogP contribution >= 0.6 is 0 Å². The highest BCUT2D eigenvalue weighted by Crippen LogP contribution is 2.32. The number of benzene rings is 1. The Labute approximate surface area is 175 Å². The molecule has 3 heterocycles. The van der Waals surface area contributed by atoms with E-state index in [1.54, 1.807) is 0 Å². The molecule has 1 aromatic carbocycles. The highest BCUT2D eigenvalue weighted by Gasteiger charge is 2.23. The molecule has 0 fully saturated rings. The van der Waals surface area contributed by atoms with Crippen molar-refractivity contribution in [1.29, 1.82) is 0 Å². The number of imidazole rings is 1. The van der Waals surface area contributed by atoms with E-state index in [-0.39, 0.29) is 11.1 Å². The monoisotopic (exact) mass is 404 g/mol. The molecule has 3 aromatic heterocycles. The van der Waals surface area contributed by atoms with Crippen LogP contribution in [-0.4, -0.2) is 26.5 Å². The first kappa shape index (κ1) is 20.0. The Morgan fingerprint density at radius 1 is 1.17 bits per heavy atom. The van der Waals surface area contributed by atoms with Crippen LogP contribution in [0.3, 0.4) is 0 Å².